The average molecular weight is 368 g/mol. The summed E-state index contributed by atoms with van der Waals surface area (Å²) in [6.07, 6.45) is 0. The Labute approximate surface area is 147 Å². The third kappa shape index (κ3) is 3.59. The summed E-state index contributed by atoms with van der Waals surface area (Å²) in [4.78, 5) is 37.1. The molecule has 140 valence electrons. The number of β-amino-alcohol motifs (C(OH)–C–C–N with tert-alkyl or cyclic N) is 1. The summed E-state index contributed by atoms with van der Waals surface area (Å²) in [6, 6.07) is 1.85. The van der Waals surface area contributed by atoms with Crippen LogP contribution in [0.3, 0.4) is 0 Å². The van der Waals surface area contributed by atoms with Crippen LogP contribution in [-0.2, 0) is 19.1 Å². The number of nitrogens with one attached hydrogen (secondary N) is 1. The van der Waals surface area contributed by atoms with Gasteiger partial charge >= 0.3 is 11.9 Å². The summed E-state index contributed by atoms with van der Waals surface area (Å²) >= 11 is 0. The fourth-order valence-corrected chi connectivity index (χ4v) is 2.41. The van der Waals surface area contributed by atoms with Crippen molar-refractivity contribution in [3.05, 3.63) is 34.8 Å². The molecule has 1 aliphatic rings. The molecule has 10 heteroatoms. The van der Waals surface area contributed by atoms with Crippen molar-refractivity contribution in [2.75, 3.05) is 39.2 Å². The van der Waals surface area contributed by atoms with E-state index in [4.69, 9.17) is 5.11 Å². The molecule has 0 aliphatic carbocycles. The molecule has 0 atom stereocenters. The normalized spacial score (nSPS) is 13.8. The lowest BCUT2D eigenvalue weighted by Gasteiger charge is -2.15. The number of anilines is 1. The van der Waals surface area contributed by atoms with E-state index < -0.39 is 29.4 Å². The molecule has 1 aromatic rings. The Bertz CT molecular complexity index is 791. The number of amides is 1. The summed E-state index contributed by atoms with van der Waals surface area (Å²) in [5.41, 5.74) is -0.819. The molecule has 0 radical (unpaired) electrons. The Morgan fingerprint density at radius 2 is 1.92 bits per heavy atom. The number of phenols is 1. The molecule has 0 aromatic heterocycles. The number of esters is 2. The third-order valence-corrected chi connectivity index (χ3v) is 3.70. The van der Waals surface area contributed by atoms with E-state index in [0.717, 1.165) is 26.4 Å². The highest BCUT2D eigenvalue weighted by atomic mass is 19.1. The van der Waals surface area contributed by atoms with Gasteiger partial charge in [-0.1, -0.05) is 0 Å². The van der Waals surface area contributed by atoms with Gasteiger partial charge in [-0.25, -0.2) is 14.0 Å². The molecule has 1 amide bonds. The second-order valence-electron chi connectivity index (χ2n) is 5.27. The number of phenolic OH excluding ortho intramolecular Hbond substituents is 1. The Balaban J connectivity index is 2.46. The number of hydrogen-bond donors (Lipinski definition) is 3. The quantitative estimate of drug-likeness (QED) is 0.473. The molecule has 0 fully saturated rings. The fourth-order valence-electron chi connectivity index (χ4n) is 2.41. The maximum atomic E-state index is 13.9. The first-order valence-corrected chi connectivity index (χ1v) is 7.43. The molecular weight excluding hydrogens is 351 g/mol. The first kappa shape index (κ1) is 19.2. The van der Waals surface area contributed by atoms with Crippen LogP contribution >= 0.6 is 0 Å². The van der Waals surface area contributed by atoms with Gasteiger partial charge in [-0.15, -0.1) is 0 Å². The second kappa shape index (κ2) is 7.83. The number of carbonyl (C=O) groups is 3. The minimum absolute atomic E-state index is 0.0347. The summed E-state index contributed by atoms with van der Waals surface area (Å²) in [5.74, 6) is -4.27. The highest BCUT2D eigenvalue weighted by Gasteiger charge is 2.35. The van der Waals surface area contributed by atoms with Crippen LogP contribution < -0.4 is 5.32 Å². The Morgan fingerprint density at radius 3 is 2.50 bits per heavy atom. The summed E-state index contributed by atoms with van der Waals surface area (Å²) in [6.45, 7) is -0.493. The van der Waals surface area contributed by atoms with Crippen molar-refractivity contribution in [2.24, 2.45) is 0 Å². The van der Waals surface area contributed by atoms with Crippen LogP contribution in [0, 0.1) is 5.82 Å². The Morgan fingerprint density at radius 1 is 1.27 bits per heavy atom. The number of halogens is 1. The van der Waals surface area contributed by atoms with Gasteiger partial charge in [0.2, 0.25) is 0 Å². The largest absolute Gasteiger partial charge is 0.503 e. The van der Waals surface area contributed by atoms with Gasteiger partial charge in [-0.2, -0.15) is 0 Å². The summed E-state index contributed by atoms with van der Waals surface area (Å²) in [7, 11) is 2.23. The standard InChI is InChI=1S/C16H17FN2O7/c1-25-15(23)8-5-10(17)13(21)11(6-8)18-12-9(16(24)26-2)7-19(3-4-20)14(12)22/h5-6,18,20-21H,3-4,7H2,1-2H3. The molecule has 0 unspecified atom stereocenters. The van der Waals surface area contributed by atoms with Gasteiger partial charge < -0.3 is 29.9 Å². The van der Waals surface area contributed by atoms with E-state index >= 15 is 0 Å². The van der Waals surface area contributed by atoms with Gasteiger partial charge in [0.1, 0.15) is 5.70 Å². The SMILES string of the molecule is COC(=O)C1=C(Nc2cc(C(=O)OC)cc(F)c2O)C(=O)N(CCO)C1. The highest BCUT2D eigenvalue weighted by molar-refractivity contribution is 6.08. The smallest absolute Gasteiger partial charge is 0.338 e. The zero-order valence-electron chi connectivity index (χ0n) is 14.0. The summed E-state index contributed by atoms with van der Waals surface area (Å²) in [5, 5.41) is 21.4. The van der Waals surface area contributed by atoms with E-state index in [1.807, 2.05) is 0 Å². The number of rotatable bonds is 6. The van der Waals surface area contributed by atoms with Crippen LogP contribution in [0.1, 0.15) is 10.4 Å². The maximum Gasteiger partial charge on any atom is 0.338 e. The molecule has 3 N–H and O–H groups in total. The van der Waals surface area contributed by atoms with Gasteiger partial charge in [0.15, 0.2) is 11.6 Å². The minimum atomic E-state index is -1.12. The van der Waals surface area contributed by atoms with Crippen molar-refractivity contribution in [1.29, 1.82) is 0 Å². The second-order valence-corrected chi connectivity index (χ2v) is 5.27. The van der Waals surface area contributed by atoms with Gasteiger partial charge in [-0.05, 0) is 12.1 Å². The first-order valence-electron chi connectivity index (χ1n) is 7.43. The predicted octanol–water partition coefficient (Wildman–Crippen LogP) is -0.00860. The van der Waals surface area contributed by atoms with Crippen LogP contribution in [0.4, 0.5) is 10.1 Å². The molecule has 1 aliphatic heterocycles. The average Bonchev–Trinajstić information content (AvgIpc) is 2.93. The van der Waals surface area contributed by atoms with Crippen molar-refractivity contribution >= 4 is 23.5 Å². The van der Waals surface area contributed by atoms with E-state index in [0.29, 0.717) is 0 Å². The van der Waals surface area contributed by atoms with E-state index in [1.165, 1.54) is 4.90 Å². The number of benzene rings is 1. The molecule has 26 heavy (non-hydrogen) atoms. The van der Waals surface area contributed by atoms with Crippen LogP contribution in [-0.4, -0.2) is 66.9 Å². The topological polar surface area (TPSA) is 125 Å². The molecular formula is C16H17FN2O7. The molecule has 0 bridgehead atoms. The molecule has 0 spiro atoms. The number of aromatic hydroxyl groups is 1. The van der Waals surface area contributed by atoms with E-state index in [2.05, 4.69) is 14.8 Å². The number of aliphatic hydroxyl groups excluding tert-OH is 1. The predicted molar refractivity (Wildman–Crippen MR) is 85.7 cm³/mol. The van der Waals surface area contributed by atoms with Crippen LogP contribution in [0.5, 0.6) is 5.75 Å². The van der Waals surface area contributed by atoms with Gasteiger partial charge in [0.05, 0.1) is 44.2 Å². The van der Waals surface area contributed by atoms with Gasteiger partial charge in [0.25, 0.3) is 5.91 Å². The zero-order chi connectivity index (χ0) is 19.4. The Kier molecular flexibility index (Phi) is 5.78. The lowest BCUT2D eigenvalue weighted by Crippen LogP contribution is -2.31. The molecule has 9 nitrogen and oxygen atoms in total. The van der Waals surface area contributed by atoms with E-state index in [-0.39, 0.29) is 42.2 Å². The van der Waals surface area contributed by atoms with Crippen molar-refractivity contribution in [1.82, 2.24) is 4.90 Å². The number of hydrogen-bond acceptors (Lipinski definition) is 8. The number of ether oxygens (including phenoxy) is 2. The zero-order valence-corrected chi connectivity index (χ0v) is 14.0. The molecule has 1 heterocycles. The van der Waals surface area contributed by atoms with Crippen LogP contribution in [0.15, 0.2) is 23.4 Å². The van der Waals surface area contributed by atoms with Crippen molar-refractivity contribution in [2.45, 2.75) is 0 Å². The van der Waals surface area contributed by atoms with Gasteiger partial charge in [0, 0.05) is 6.54 Å². The number of methoxy groups -OCH3 is 2. The first-order chi connectivity index (χ1) is 12.3. The number of aliphatic hydroxyl groups is 1. The van der Waals surface area contributed by atoms with Crippen LogP contribution in [0.25, 0.3) is 0 Å². The molecule has 1 aromatic carbocycles. The minimum Gasteiger partial charge on any atom is -0.503 e. The highest BCUT2D eigenvalue weighted by Crippen LogP contribution is 2.32. The van der Waals surface area contributed by atoms with Crippen molar-refractivity contribution < 1.29 is 38.5 Å². The summed E-state index contributed by atoms with van der Waals surface area (Å²) < 4.78 is 23.0. The Hall–Kier alpha value is -3.14. The van der Waals surface area contributed by atoms with Crippen LogP contribution in [0.2, 0.25) is 0 Å². The number of carbonyl (C=O) groups excluding carboxylic acids is 3. The van der Waals surface area contributed by atoms with Crippen molar-refractivity contribution in [3.8, 4) is 5.75 Å². The van der Waals surface area contributed by atoms with E-state index in [9.17, 15) is 23.9 Å². The lowest BCUT2D eigenvalue weighted by atomic mass is 10.1. The fraction of sp³-hybridized carbons (Fsp3) is 0.312. The lowest BCUT2D eigenvalue weighted by molar-refractivity contribution is -0.136. The third-order valence-electron chi connectivity index (χ3n) is 3.70. The monoisotopic (exact) mass is 368 g/mol. The van der Waals surface area contributed by atoms with Crippen molar-refractivity contribution in [3.63, 3.8) is 0 Å². The van der Waals surface area contributed by atoms with Gasteiger partial charge in [-0.3, -0.25) is 4.79 Å². The molecule has 0 saturated carbocycles. The maximum absolute atomic E-state index is 13.9. The molecule has 2 rings (SSSR count). The van der Waals surface area contributed by atoms with E-state index in [1.54, 1.807) is 0 Å². The number of nitrogens with zero attached hydrogens (tertiary/aromatic N) is 1. The molecule has 0 saturated heterocycles.